The SMILES string of the molecule is CC(N)(c1nc(Cc2ccc(Cl)cc2)no1)C1CC1. The van der Waals surface area contributed by atoms with E-state index in [1.807, 2.05) is 31.2 Å². The van der Waals surface area contributed by atoms with Crippen LogP contribution < -0.4 is 5.73 Å². The zero-order valence-corrected chi connectivity index (χ0v) is 11.5. The van der Waals surface area contributed by atoms with Crippen LogP contribution in [0.25, 0.3) is 0 Å². The monoisotopic (exact) mass is 277 g/mol. The Labute approximate surface area is 117 Å². The number of nitrogens with zero attached hydrogens (tertiary/aromatic N) is 2. The standard InChI is InChI=1S/C14H16ClN3O/c1-14(16,10-4-5-10)13-17-12(18-19-13)8-9-2-6-11(15)7-3-9/h2-3,6-7,10H,4-5,8,16H2,1H3. The molecule has 0 amide bonds. The number of hydrogen-bond donors (Lipinski definition) is 1. The number of aromatic nitrogens is 2. The first-order valence-electron chi connectivity index (χ1n) is 6.42. The molecule has 0 radical (unpaired) electrons. The van der Waals surface area contributed by atoms with Crippen molar-refractivity contribution in [3.8, 4) is 0 Å². The van der Waals surface area contributed by atoms with Gasteiger partial charge in [-0.05, 0) is 43.4 Å². The Morgan fingerprint density at radius 1 is 1.37 bits per heavy atom. The van der Waals surface area contributed by atoms with Gasteiger partial charge in [0.1, 0.15) is 0 Å². The number of nitrogens with two attached hydrogens (primary N) is 1. The van der Waals surface area contributed by atoms with E-state index in [1.54, 1.807) is 0 Å². The van der Waals surface area contributed by atoms with Gasteiger partial charge in [0.25, 0.3) is 0 Å². The second-order valence-corrected chi connectivity index (χ2v) is 5.81. The topological polar surface area (TPSA) is 64.9 Å². The van der Waals surface area contributed by atoms with Crippen molar-refractivity contribution >= 4 is 11.6 Å². The molecule has 1 atom stereocenters. The van der Waals surface area contributed by atoms with Crippen LogP contribution in [0.2, 0.25) is 5.02 Å². The maximum Gasteiger partial charge on any atom is 0.246 e. The van der Waals surface area contributed by atoms with Gasteiger partial charge in [-0.25, -0.2) is 0 Å². The zero-order valence-electron chi connectivity index (χ0n) is 10.8. The van der Waals surface area contributed by atoms with Crippen LogP contribution in [0.5, 0.6) is 0 Å². The van der Waals surface area contributed by atoms with E-state index in [-0.39, 0.29) is 0 Å². The second kappa shape index (κ2) is 4.62. The van der Waals surface area contributed by atoms with Gasteiger partial charge in [0, 0.05) is 11.4 Å². The van der Waals surface area contributed by atoms with Gasteiger partial charge in [0.2, 0.25) is 5.89 Å². The molecule has 4 nitrogen and oxygen atoms in total. The first-order valence-corrected chi connectivity index (χ1v) is 6.80. The van der Waals surface area contributed by atoms with Gasteiger partial charge in [-0.15, -0.1) is 0 Å². The minimum atomic E-state index is -0.495. The molecule has 1 unspecified atom stereocenters. The fourth-order valence-electron chi connectivity index (χ4n) is 2.19. The maximum absolute atomic E-state index is 6.26. The number of hydrogen-bond acceptors (Lipinski definition) is 4. The second-order valence-electron chi connectivity index (χ2n) is 5.38. The molecular formula is C14H16ClN3O. The van der Waals surface area contributed by atoms with Gasteiger partial charge in [-0.2, -0.15) is 4.98 Å². The van der Waals surface area contributed by atoms with Crippen LogP contribution >= 0.6 is 11.6 Å². The smallest absolute Gasteiger partial charge is 0.246 e. The lowest BCUT2D eigenvalue weighted by atomic mass is 9.97. The number of benzene rings is 1. The Kier molecular flexibility index (Phi) is 3.07. The van der Waals surface area contributed by atoms with Crippen molar-refractivity contribution in [3.63, 3.8) is 0 Å². The molecule has 1 aliphatic rings. The fourth-order valence-corrected chi connectivity index (χ4v) is 2.31. The molecule has 19 heavy (non-hydrogen) atoms. The molecule has 1 aromatic heterocycles. The molecular weight excluding hydrogens is 262 g/mol. The zero-order chi connectivity index (χ0) is 13.5. The maximum atomic E-state index is 6.26. The van der Waals surface area contributed by atoms with Crippen molar-refractivity contribution in [2.24, 2.45) is 11.7 Å². The van der Waals surface area contributed by atoms with Gasteiger partial charge in [0.15, 0.2) is 5.82 Å². The van der Waals surface area contributed by atoms with E-state index in [1.165, 1.54) is 0 Å². The van der Waals surface area contributed by atoms with Crippen molar-refractivity contribution < 1.29 is 4.52 Å². The van der Waals surface area contributed by atoms with Crippen LogP contribution in [0.1, 0.15) is 37.0 Å². The highest BCUT2D eigenvalue weighted by Gasteiger charge is 2.43. The molecule has 0 aliphatic heterocycles. The van der Waals surface area contributed by atoms with E-state index in [9.17, 15) is 0 Å². The van der Waals surface area contributed by atoms with E-state index in [2.05, 4.69) is 10.1 Å². The summed E-state index contributed by atoms with van der Waals surface area (Å²) in [6.07, 6.45) is 2.91. The molecule has 1 saturated carbocycles. The third-order valence-electron chi connectivity index (χ3n) is 3.63. The molecule has 0 bridgehead atoms. The van der Waals surface area contributed by atoms with Crippen molar-refractivity contribution in [2.75, 3.05) is 0 Å². The minimum Gasteiger partial charge on any atom is -0.337 e. The molecule has 1 fully saturated rings. The molecule has 1 heterocycles. The lowest BCUT2D eigenvalue weighted by Gasteiger charge is -2.18. The van der Waals surface area contributed by atoms with Crippen molar-refractivity contribution in [1.29, 1.82) is 0 Å². The summed E-state index contributed by atoms with van der Waals surface area (Å²) in [6.45, 7) is 1.96. The molecule has 0 saturated heterocycles. The highest BCUT2D eigenvalue weighted by atomic mass is 35.5. The Hall–Kier alpha value is -1.39. The molecule has 5 heteroatoms. The van der Waals surface area contributed by atoms with Crippen LogP contribution in [0, 0.1) is 5.92 Å². The van der Waals surface area contributed by atoms with Gasteiger partial charge in [-0.1, -0.05) is 28.9 Å². The average molecular weight is 278 g/mol. The third kappa shape index (κ3) is 2.65. The quantitative estimate of drug-likeness (QED) is 0.933. The molecule has 1 aromatic carbocycles. The summed E-state index contributed by atoms with van der Waals surface area (Å²) in [6, 6.07) is 7.63. The molecule has 3 rings (SSSR count). The normalized spacial score (nSPS) is 18.3. The largest absolute Gasteiger partial charge is 0.337 e. The highest BCUT2D eigenvalue weighted by Crippen LogP contribution is 2.43. The van der Waals surface area contributed by atoms with Crippen LogP contribution in [-0.4, -0.2) is 10.1 Å². The van der Waals surface area contributed by atoms with Crippen LogP contribution in [-0.2, 0) is 12.0 Å². The summed E-state index contributed by atoms with van der Waals surface area (Å²) in [7, 11) is 0. The van der Waals surface area contributed by atoms with E-state index in [0.29, 0.717) is 24.1 Å². The van der Waals surface area contributed by atoms with Crippen molar-refractivity contribution in [1.82, 2.24) is 10.1 Å². The van der Waals surface area contributed by atoms with E-state index in [0.717, 1.165) is 23.4 Å². The Morgan fingerprint density at radius 3 is 2.68 bits per heavy atom. The summed E-state index contributed by atoms with van der Waals surface area (Å²) in [5, 5.41) is 4.73. The van der Waals surface area contributed by atoms with Gasteiger partial charge in [0.05, 0.1) is 5.54 Å². The van der Waals surface area contributed by atoms with E-state index in [4.69, 9.17) is 21.9 Å². The van der Waals surface area contributed by atoms with Crippen LogP contribution in [0.4, 0.5) is 0 Å². The van der Waals surface area contributed by atoms with Gasteiger partial charge in [-0.3, -0.25) is 0 Å². The number of rotatable bonds is 4. The third-order valence-corrected chi connectivity index (χ3v) is 3.88. The molecule has 0 spiro atoms. The Balaban J connectivity index is 1.76. The predicted molar refractivity (Wildman–Crippen MR) is 72.8 cm³/mol. The van der Waals surface area contributed by atoms with Crippen molar-refractivity contribution in [2.45, 2.75) is 31.7 Å². The lowest BCUT2D eigenvalue weighted by molar-refractivity contribution is 0.272. The minimum absolute atomic E-state index is 0.469. The van der Waals surface area contributed by atoms with Gasteiger partial charge < -0.3 is 10.3 Å². The predicted octanol–water partition coefficient (Wildman–Crippen LogP) is 2.90. The number of halogens is 1. The van der Waals surface area contributed by atoms with Crippen LogP contribution in [0.3, 0.4) is 0 Å². The molecule has 2 N–H and O–H groups in total. The molecule has 100 valence electrons. The van der Waals surface area contributed by atoms with Gasteiger partial charge >= 0.3 is 0 Å². The Bertz CT molecular complexity index is 573. The Morgan fingerprint density at radius 2 is 2.05 bits per heavy atom. The lowest BCUT2D eigenvalue weighted by Crippen LogP contribution is -2.35. The molecule has 2 aromatic rings. The van der Waals surface area contributed by atoms with Crippen molar-refractivity contribution in [3.05, 3.63) is 46.6 Å². The average Bonchev–Trinajstić information content (AvgIpc) is 3.14. The van der Waals surface area contributed by atoms with Crippen LogP contribution in [0.15, 0.2) is 28.8 Å². The fraction of sp³-hybridized carbons (Fsp3) is 0.429. The van der Waals surface area contributed by atoms with E-state index >= 15 is 0 Å². The highest BCUT2D eigenvalue weighted by molar-refractivity contribution is 6.30. The summed E-state index contributed by atoms with van der Waals surface area (Å²) in [4.78, 5) is 4.43. The first kappa shape index (κ1) is 12.6. The molecule has 1 aliphatic carbocycles. The summed E-state index contributed by atoms with van der Waals surface area (Å²) in [5.74, 6) is 1.67. The summed E-state index contributed by atoms with van der Waals surface area (Å²) < 4.78 is 5.31. The first-order chi connectivity index (χ1) is 9.05. The van der Waals surface area contributed by atoms with E-state index < -0.39 is 5.54 Å². The summed E-state index contributed by atoms with van der Waals surface area (Å²) >= 11 is 5.85. The summed E-state index contributed by atoms with van der Waals surface area (Å²) in [5.41, 5.74) is 6.86.